The molecule has 1 atom stereocenters. The van der Waals surface area contributed by atoms with Gasteiger partial charge < -0.3 is 15.2 Å². The molecule has 0 radical (unpaired) electrons. The lowest BCUT2D eigenvalue weighted by Crippen LogP contribution is -2.30. The van der Waals surface area contributed by atoms with Crippen molar-refractivity contribution < 1.29 is 9.84 Å². The molecule has 0 aromatic carbocycles. The van der Waals surface area contributed by atoms with Crippen LogP contribution in [0.2, 0.25) is 0 Å². The quantitative estimate of drug-likeness (QED) is 0.455. The summed E-state index contributed by atoms with van der Waals surface area (Å²) in [6, 6.07) is 0. The zero-order valence-electron chi connectivity index (χ0n) is 8.13. The average Bonchev–Trinajstić information content (AvgIpc) is 1.98. The Labute approximate surface area is 74.4 Å². The fourth-order valence-corrected chi connectivity index (χ4v) is 0.778. The Balaban J connectivity index is 3.25. The van der Waals surface area contributed by atoms with Gasteiger partial charge in [0.15, 0.2) is 0 Å². The van der Waals surface area contributed by atoms with Gasteiger partial charge >= 0.3 is 0 Å². The van der Waals surface area contributed by atoms with Crippen molar-refractivity contribution in [2.75, 3.05) is 26.8 Å². The summed E-state index contributed by atoms with van der Waals surface area (Å²) in [4.78, 5) is 0. The Morgan fingerprint density at radius 2 is 2.25 bits per heavy atom. The van der Waals surface area contributed by atoms with E-state index in [2.05, 4.69) is 11.4 Å². The molecule has 12 heavy (non-hydrogen) atoms. The normalized spacial score (nSPS) is 12.7. The molecule has 0 aromatic rings. The number of aliphatic hydroxyl groups is 1. The van der Waals surface area contributed by atoms with Gasteiger partial charge in [0.25, 0.3) is 0 Å². The van der Waals surface area contributed by atoms with Crippen molar-refractivity contribution in [3.63, 3.8) is 0 Å². The fraction of sp³-hybridized carbons (Fsp3) is 0.778. The minimum Gasteiger partial charge on any atom is -0.389 e. The third-order valence-corrected chi connectivity index (χ3v) is 1.39. The van der Waals surface area contributed by atoms with Crippen LogP contribution in [0.25, 0.3) is 0 Å². The number of nitrogens with one attached hydrogen (secondary N) is 1. The number of hydrogen-bond acceptors (Lipinski definition) is 3. The summed E-state index contributed by atoms with van der Waals surface area (Å²) in [6.07, 6.45) is 1.68. The molecule has 0 rings (SSSR count). The first-order valence-electron chi connectivity index (χ1n) is 4.18. The van der Waals surface area contributed by atoms with Crippen molar-refractivity contribution in [1.29, 1.82) is 0 Å². The Hall–Kier alpha value is -0.380. The van der Waals surface area contributed by atoms with Crippen LogP contribution in [-0.2, 0) is 4.74 Å². The lowest BCUT2D eigenvalue weighted by Gasteiger charge is -2.08. The summed E-state index contributed by atoms with van der Waals surface area (Å²) in [5, 5.41) is 12.3. The van der Waals surface area contributed by atoms with Gasteiger partial charge in [-0.1, -0.05) is 11.6 Å². The smallest absolute Gasteiger partial charge is 0.0897 e. The largest absolute Gasteiger partial charge is 0.389 e. The molecule has 0 aliphatic heterocycles. The fourth-order valence-electron chi connectivity index (χ4n) is 0.778. The zero-order valence-corrected chi connectivity index (χ0v) is 8.13. The van der Waals surface area contributed by atoms with Crippen LogP contribution in [0.15, 0.2) is 11.6 Å². The molecule has 0 aromatic heterocycles. The Morgan fingerprint density at radius 1 is 1.58 bits per heavy atom. The molecule has 0 aliphatic rings. The molecule has 1 unspecified atom stereocenters. The monoisotopic (exact) mass is 173 g/mol. The maximum Gasteiger partial charge on any atom is 0.0897 e. The number of allylic oxidation sites excluding steroid dienone is 1. The van der Waals surface area contributed by atoms with Crippen molar-refractivity contribution >= 4 is 0 Å². The minimum absolute atomic E-state index is 0.391. The van der Waals surface area contributed by atoms with Gasteiger partial charge in [0.05, 0.1) is 12.7 Å². The summed E-state index contributed by atoms with van der Waals surface area (Å²) >= 11 is 0. The summed E-state index contributed by atoms with van der Waals surface area (Å²) in [5.74, 6) is 0. The first kappa shape index (κ1) is 11.6. The Kier molecular flexibility index (Phi) is 7.05. The van der Waals surface area contributed by atoms with E-state index in [0.29, 0.717) is 13.2 Å². The van der Waals surface area contributed by atoms with Gasteiger partial charge in [-0.3, -0.25) is 0 Å². The average molecular weight is 173 g/mol. The first-order chi connectivity index (χ1) is 5.66. The summed E-state index contributed by atoms with van der Waals surface area (Å²) in [5.41, 5.74) is 1.28. The molecular weight excluding hydrogens is 154 g/mol. The van der Waals surface area contributed by atoms with E-state index in [1.807, 2.05) is 13.8 Å². The molecule has 0 spiro atoms. The van der Waals surface area contributed by atoms with Gasteiger partial charge in [0.2, 0.25) is 0 Å². The molecule has 0 heterocycles. The molecular formula is C9H19NO2. The zero-order chi connectivity index (χ0) is 9.40. The molecule has 3 heteroatoms. The van der Waals surface area contributed by atoms with Crippen molar-refractivity contribution in [2.45, 2.75) is 20.0 Å². The van der Waals surface area contributed by atoms with Crippen LogP contribution in [0.1, 0.15) is 13.8 Å². The molecule has 0 aliphatic carbocycles. The highest BCUT2D eigenvalue weighted by molar-refractivity contribution is 4.94. The van der Waals surface area contributed by atoms with E-state index in [-0.39, 0.29) is 0 Å². The second-order valence-corrected chi connectivity index (χ2v) is 3.05. The van der Waals surface area contributed by atoms with Crippen LogP contribution in [0.3, 0.4) is 0 Å². The summed E-state index contributed by atoms with van der Waals surface area (Å²) in [6.45, 7) is 5.88. The van der Waals surface area contributed by atoms with E-state index in [1.54, 1.807) is 7.11 Å². The first-order valence-corrected chi connectivity index (χ1v) is 4.18. The van der Waals surface area contributed by atoms with Crippen LogP contribution in [0.5, 0.6) is 0 Å². The maximum absolute atomic E-state index is 9.21. The highest BCUT2D eigenvalue weighted by Gasteiger charge is 1.99. The van der Waals surface area contributed by atoms with Crippen molar-refractivity contribution in [3.8, 4) is 0 Å². The molecule has 0 saturated heterocycles. The van der Waals surface area contributed by atoms with E-state index in [4.69, 9.17) is 4.74 Å². The summed E-state index contributed by atoms with van der Waals surface area (Å²) < 4.78 is 4.78. The van der Waals surface area contributed by atoms with Crippen LogP contribution in [0, 0.1) is 0 Å². The third kappa shape index (κ3) is 7.72. The van der Waals surface area contributed by atoms with Crippen LogP contribution in [0.4, 0.5) is 0 Å². The number of ether oxygens (including phenoxy) is 1. The van der Waals surface area contributed by atoms with Crippen LogP contribution >= 0.6 is 0 Å². The second kappa shape index (κ2) is 7.28. The van der Waals surface area contributed by atoms with Crippen molar-refractivity contribution in [3.05, 3.63) is 11.6 Å². The second-order valence-electron chi connectivity index (χ2n) is 3.05. The van der Waals surface area contributed by atoms with E-state index >= 15 is 0 Å². The third-order valence-electron chi connectivity index (χ3n) is 1.39. The number of hydrogen-bond donors (Lipinski definition) is 2. The Morgan fingerprint density at radius 3 is 2.75 bits per heavy atom. The van der Waals surface area contributed by atoms with Crippen LogP contribution < -0.4 is 5.32 Å². The van der Waals surface area contributed by atoms with E-state index in [0.717, 1.165) is 6.54 Å². The van der Waals surface area contributed by atoms with Crippen molar-refractivity contribution in [2.24, 2.45) is 0 Å². The maximum atomic E-state index is 9.21. The van der Waals surface area contributed by atoms with E-state index < -0.39 is 6.10 Å². The van der Waals surface area contributed by atoms with E-state index in [1.165, 1.54) is 5.57 Å². The topological polar surface area (TPSA) is 41.5 Å². The molecule has 0 fully saturated rings. The Bertz CT molecular complexity index is 130. The van der Waals surface area contributed by atoms with Gasteiger partial charge in [-0.05, 0) is 13.8 Å². The molecule has 2 N–H and O–H groups in total. The van der Waals surface area contributed by atoms with Crippen LogP contribution in [-0.4, -0.2) is 38.0 Å². The lowest BCUT2D eigenvalue weighted by molar-refractivity contribution is 0.0652. The molecule has 0 bridgehead atoms. The van der Waals surface area contributed by atoms with Gasteiger partial charge in [0, 0.05) is 20.2 Å². The van der Waals surface area contributed by atoms with Crippen molar-refractivity contribution in [1.82, 2.24) is 5.32 Å². The predicted octanol–water partition coefficient (Wildman–Crippen LogP) is 0.549. The van der Waals surface area contributed by atoms with Gasteiger partial charge in [-0.25, -0.2) is 0 Å². The number of aliphatic hydroxyl groups excluding tert-OH is 1. The highest BCUT2D eigenvalue weighted by atomic mass is 16.5. The molecule has 0 saturated carbocycles. The molecule has 3 nitrogen and oxygen atoms in total. The number of methoxy groups -OCH3 is 1. The predicted molar refractivity (Wildman–Crippen MR) is 50.2 cm³/mol. The SMILES string of the molecule is COCC(O)CNCC=C(C)C. The van der Waals surface area contributed by atoms with Gasteiger partial charge in [0.1, 0.15) is 0 Å². The summed E-state index contributed by atoms with van der Waals surface area (Å²) in [7, 11) is 1.58. The standard InChI is InChI=1S/C9H19NO2/c1-8(2)4-5-10-6-9(11)7-12-3/h4,9-11H,5-7H2,1-3H3. The molecule has 0 amide bonds. The van der Waals surface area contributed by atoms with E-state index in [9.17, 15) is 5.11 Å². The number of rotatable bonds is 6. The lowest BCUT2D eigenvalue weighted by atomic mass is 10.3. The highest BCUT2D eigenvalue weighted by Crippen LogP contribution is 1.86. The minimum atomic E-state index is -0.402. The van der Waals surface area contributed by atoms with Gasteiger partial charge in [-0.15, -0.1) is 0 Å². The molecule has 72 valence electrons. The van der Waals surface area contributed by atoms with Gasteiger partial charge in [-0.2, -0.15) is 0 Å².